The Morgan fingerprint density at radius 2 is 1.49 bits per heavy atom. The van der Waals surface area contributed by atoms with E-state index >= 15 is 0 Å². The van der Waals surface area contributed by atoms with Crippen LogP contribution in [0.15, 0.2) is 54.6 Å². The average molecular weight is 616 g/mol. The molecule has 0 bridgehead atoms. The number of hydrogen-bond acceptors (Lipinski definition) is 8. The summed E-state index contributed by atoms with van der Waals surface area (Å²) in [5.41, 5.74) is 9.14. The molecule has 4 atom stereocenters. The van der Waals surface area contributed by atoms with E-state index in [0.29, 0.717) is 24.2 Å². The summed E-state index contributed by atoms with van der Waals surface area (Å²) in [6.07, 6.45) is 3.33. The summed E-state index contributed by atoms with van der Waals surface area (Å²) in [4.78, 5) is 63.8. The van der Waals surface area contributed by atoms with Crippen LogP contribution in [-0.2, 0) is 36.8 Å². The first-order valence-corrected chi connectivity index (χ1v) is 15.4. The van der Waals surface area contributed by atoms with Gasteiger partial charge >= 0.3 is 0 Å². The number of nitrogens with two attached hydrogens (primary N) is 2. The Morgan fingerprint density at radius 1 is 0.837 bits per heavy atom. The van der Waals surface area contributed by atoms with Gasteiger partial charge in [-0.25, -0.2) is 0 Å². The van der Waals surface area contributed by atoms with Gasteiger partial charge in [0.1, 0.15) is 25.3 Å². The van der Waals surface area contributed by atoms with Crippen LogP contribution in [-0.4, -0.2) is 77.4 Å². The Labute approximate surface area is 257 Å². The molecular weight excluding hydrogens is 572 g/mol. The van der Waals surface area contributed by atoms with Gasteiger partial charge in [-0.1, -0.05) is 55.8 Å². The molecule has 0 radical (unpaired) electrons. The lowest BCUT2D eigenvalue weighted by atomic mass is 10.0. The minimum atomic E-state index is -1.05. The quantitative estimate of drug-likeness (QED) is 0.115. The highest BCUT2D eigenvalue weighted by atomic mass is 32.2. The monoisotopic (exact) mass is 615 g/mol. The van der Waals surface area contributed by atoms with E-state index in [0.717, 1.165) is 5.56 Å². The molecule has 0 unspecified atom stereocenters. The first-order valence-electron chi connectivity index (χ1n) is 14.5. The molecule has 0 aromatic heterocycles. The molecule has 2 aromatic rings. The SMILES string of the molecule is [2H]N[C@@H](Cc1ccc(O)cc1)C(=O)N[C@@H](CCC)C(=O)NCC(=O)N[C@@H](Cc1ccccc1)C(=O)N[C@@H](CCSC)C(N)=O. The molecule has 43 heavy (non-hydrogen) atoms. The Morgan fingerprint density at radius 3 is 2.09 bits per heavy atom. The van der Waals surface area contributed by atoms with Gasteiger partial charge in [-0.3, -0.25) is 24.0 Å². The number of phenols is 1. The van der Waals surface area contributed by atoms with Crippen LogP contribution in [0.2, 0.25) is 1.41 Å². The van der Waals surface area contributed by atoms with Crippen LogP contribution in [0.25, 0.3) is 0 Å². The molecule has 0 fully saturated rings. The van der Waals surface area contributed by atoms with Crippen LogP contribution in [0.5, 0.6) is 5.75 Å². The van der Waals surface area contributed by atoms with E-state index in [1.54, 1.807) is 36.4 Å². The lowest BCUT2D eigenvalue weighted by Gasteiger charge is -2.23. The van der Waals surface area contributed by atoms with Crippen LogP contribution >= 0.6 is 11.8 Å². The molecule has 0 aliphatic rings. The topological polar surface area (TPSA) is 206 Å². The van der Waals surface area contributed by atoms with Gasteiger partial charge in [-0.15, -0.1) is 0 Å². The van der Waals surface area contributed by atoms with Crippen molar-refractivity contribution in [1.29, 1.82) is 0 Å². The van der Waals surface area contributed by atoms with Crippen molar-refractivity contribution in [2.24, 2.45) is 11.5 Å². The smallest absolute Gasteiger partial charge is 0.243 e. The predicted octanol–water partition coefficient (Wildman–Crippen LogP) is 0.114. The Balaban J connectivity index is 2.03. The second-order valence-corrected chi connectivity index (χ2v) is 11.0. The molecule has 0 heterocycles. The summed E-state index contributed by atoms with van der Waals surface area (Å²) in [6.45, 7) is 1.37. The second-order valence-electron chi connectivity index (χ2n) is 10.0. The van der Waals surface area contributed by atoms with Gasteiger partial charge in [-0.2, -0.15) is 11.8 Å². The van der Waals surface area contributed by atoms with E-state index in [1.165, 1.54) is 23.9 Å². The Bertz CT molecular complexity index is 1240. The number of rotatable bonds is 19. The van der Waals surface area contributed by atoms with E-state index < -0.39 is 60.2 Å². The van der Waals surface area contributed by atoms with Crippen LogP contribution in [0.1, 0.15) is 37.3 Å². The third kappa shape index (κ3) is 12.7. The lowest BCUT2D eigenvalue weighted by Crippen LogP contribution is -2.56. The third-order valence-corrected chi connectivity index (χ3v) is 7.18. The van der Waals surface area contributed by atoms with Gasteiger partial charge < -0.3 is 37.8 Å². The minimum Gasteiger partial charge on any atom is -0.508 e. The van der Waals surface area contributed by atoms with E-state index in [4.69, 9.17) is 7.15 Å². The highest BCUT2D eigenvalue weighted by Crippen LogP contribution is 2.11. The van der Waals surface area contributed by atoms with Crippen molar-refractivity contribution in [3.05, 3.63) is 65.7 Å². The maximum Gasteiger partial charge on any atom is 0.243 e. The van der Waals surface area contributed by atoms with Crippen molar-refractivity contribution in [1.82, 2.24) is 21.3 Å². The number of aromatic hydroxyl groups is 1. The standard InChI is InChI=1S/C30H42N6O6S/c1-3-7-24(36-28(40)22(31)16-20-10-12-21(37)13-11-20)29(41)33-18-26(38)34-25(17-19-8-5-4-6-9-19)30(42)35-23(27(32)39)14-15-43-2/h4-6,8-13,22-25,37H,3,7,14-18,31H2,1-2H3,(H2,32,39)(H,33,41)(H,34,38)(H,35,42)(H,36,40)/t22-,23-,24-,25-/m0/s1/i/hD. The molecule has 5 amide bonds. The highest BCUT2D eigenvalue weighted by molar-refractivity contribution is 7.98. The number of hydrogen-bond donors (Lipinski definition) is 7. The summed E-state index contributed by atoms with van der Waals surface area (Å²) < 4.78 is 7.58. The summed E-state index contributed by atoms with van der Waals surface area (Å²) in [5, 5.41) is 19.9. The molecule has 13 heteroatoms. The van der Waals surface area contributed by atoms with Crippen molar-refractivity contribution < 1.29 is 30.5 Å². The maximum absolute atomic E-state index is 13.1. The fourth-order valence-electron chi connectivity index (χ4n) is 4.18. The molecule has 12 nitrogen and oxygen atoms in total. The fraction of sp³-hybridized carbons (Fsp3) is 0.433. The predicted molar refractivity (Wildman–Crippen MR) is 166 cm³/mol. The summed E-state index contributed by atoms with van der Waals surface area (Å²) >= 11 is 1.50. The summed E-state index contributed by atoms with van der Waals surface area (Å²) in [7, 11) is 0. The Hall–Kier alpha value is -4.10. The van der Waals surface area contributed by atoms with Crippen molar-refractivity contribution >= 4 is 41.3 Å². The highest BCUT2D eigenvalue weighted by Gasteiger charge is 2.27. The maximum atomic E-state index is 13.1. The van der Waals surface area contributed by atoms with E-state index in [2.05, 4.69) is 27.0 Å². The molecule has 9 N–H and O–H groups in total. The second kappa shape index (κ2) is 18.4. The average Bonchev–Trinajstić information content (AvgIpc) is 3.01. The lowest BCUT2D eigenvalue weighted by molar-refractivity contribution is -0.132. The normalized spacial score (nSPS) is 13.9. The van der Waals surface area contributed by atoms with Crippen LogP contribution in [0.3, 0.4) is 0 Å². The zero-order valence-electron chi connectivity index (χ0n) is 25.4. The number of carbonyl (C=O) groups is 5. The summed E-state index contributed by atoms with van der Waals surface area (Å²) in [6, 6.07) is 11.3. The van der Waals surface area contributed by atoms with Gasteiger partial charge in [0.25, 0.3) is 0 Å². The van der Waals surface area contributed by atoms with Crippen molar-refractivity contribution in [3.8, 4) is 5.75 Å². The zero-order chi connectivity index (χ0) is 32.5. The molecule has 234 valence electrons. The minimum absolute atomic E-state index is 0.0744. The molecule has 2 aromatic carbocycles. The number of nitrogens with one attached hydrogen (secondary N) is 4. The number of benzene rings is 2. The number of primary amides is 1. The molecule has 0 spiro atoms. The van der Waals surface area contributed by atoms with Gasteiger partial charge in [0.05, 0.1) is 12.6 Å². The van der Waals surface area contributed by atoms with E-state index in [-0.39, 0.29) is 25.0 Å². The Kier molecular flexibility index (Phi) is 14.3. The van der Waals surface area contributed by atoms with E-state index in [9.17, 15) is 29.1 Å². The summed E-state index contributed by atoms with van der Waals surface area (Å²) in [5.74, 6) is -2.41. The largest absolute Gasteiger partial charge is 0.508 e. The molecule has 0 saturated heterocycles. The number of carbonyl (C=O) groups excluding carboxylic acids is 5. The molecule has 2 rings (SSSR count). The fourth-order valence-corrected chi connectivity index (χ4v) is 4.65. The first-order chi connectivity index (χ1) is 21.1. The molecule has 0 aliphatic carbocycles. The number of phenolic OH excluding ortho intramolecular Hbond substituents is 1. The van der Waals surface area contributed by atoms with Crippen molar-refractivity contribution in [2.45, 2.75) is 63.2 Å². The zero-order valence-corrected chi connectivity index (χ0v) is 25.2. The number of thioether (sulfide) groups is 1. The molecule has 0 aliphatic heterocycles. The van der Waals surface area contributed by atoms with Gasteiger partial charge in [0.15, 0.2) is 0 Å². The third-order valence-electron chi connectivity index (χ3n) is 6.53. The first kappa shape index (κ1) is 33.4. The van der Waals surface area contributed by atoms with Crippen molar-refractivity contribution in [2.75, 3.05) is 18.6 Å². The molecular formula is C30H42N6O6S. The van der Waals surface area contributed by atoms with Gasteiger partial charge in [-0.05, 0) is 54.5 Å². The van der Waals surface area contributed by atoms with E-state index in [1.807, 2.05) is 19.2 Å². The van der Waals surface area contributed by atoms with Gasteiger partial charge in [0, 0.05) is 6.42 Å². The van der Waals surface area contributed by atoms with Crippen LogP contribution in [0.4, 0.5) is 0 Å². The molecule has 0 saturated carbocycles. The number of amides is 5. The van der Waals surface area contributed by atoms with Crippen molar-refractivity contribution in [3.63, 3.8) is 0 Å². The van der Waals surface area contributed by atoms with Crippen LogP contribution < -0.4 is 32.7 Å². The van der Waals surface area contributed by atoms with Crippen LogP contribution in [0, 0.1) is 0 Å². The van der Waals surface area contributed by atoms with Gasteiger partial charge in [0.2, 0.25) is 29.5 Å².